The standard InChI is InChI=1S/C21H24N6O4/c1-13-18(14(2)31-25-13)10-24-9-17(8-22)27-19(28)12-26(21(27)30)11-15-5-4-6-16(7-15)20(29)23-3/h4-9,22,24H,10-12H2,1-3H3,(H,23,29)/b17-9+,22-8?. The molecule has 3 rings (SSSR count). The number of hydrogen-bond acceptors (Lipinski definition) is 7. The van der Waals surface area contributed by atoms with E-state index in [1.807, 2.05) is 6.92 Å². The molecule has 2 aromatic rings. The second-order valence-electron chi connectivity index (χ2n) is 7.04. The number of carbonyl (C=O) groups is 3. The maximum atomic E-state index is 12.9. The second-order valence-corrected chi connectivity index (χ2v) is 7.04. The summed E-state index contributed by atoms with van der Waals surface area (Å²) in [6.07, 6.45) is 2.40. The highest BCUT2D eigenvalue weighted by Gasteiger charge is 2.37. The quantitative estimate of drug-likeness (QED) is 0.437. The minimum Gasteiger partial charge on any atom is -0.385 e. The lowest BCUT2D eigenvalue weighted by Gasteiger charge is -2.18. The third-order valence-electron chi connectivity index (χ3n) is 4.94. The Bertz CT molecular complexity index is 1040. The third kappa shape index (κ3) is 4.63. The molecule has 10 nitrogen and oxygen atoms in total. The predicted molar refractivity (Wildman–Crippen MR) is 112 cm³/mol. The Hall–Kier alpha value is -3.95. The maximum Gasteiger partial charge on any atom is 0.332 e. The highest BCUT2D eigenvalue weighted by molar-refractivity contribution is 6.07. The zero-order valence-electron chi connectivity index (χ0n) is 17.6. The fourth-order valence-electron chi connectivity index (χ4n) is 3.29. The topological polar surface area (TPSA) is 132 Å². The van der Waals surface area contributed by atoms with Crippen molar-refractivity contribution in [3.8, 4) is 0 Å². The number of rotatable bonds is 8. The van der Waals surface area contributed by atoms with Crippen LogP contribution in [0.2, 0.25) is 0 Å². The predicted octanol–water partition coefficient (Wildman–Crippen LogP) is 1.70. The Labute approximate surface area is 179 Å². The average molecular weight is 424 g/mol. The average Bonchev–Trinajstić information content (AvgIpc) is 3.23. The first-order valence-electron chi connectivity index (χ1n) is 9.64. The highest BCUT2D eigenvalue weighted by atomic mass is 16.5. The van der Waals surface area contributed by atoms with Gasteiger partial charge in [0, 0.05) is 43.7 Å². The van der Waals surface area contributed by atoms with Gasteiger partial charge < -0.3 is 25.5 Å². The molecule has 1 aromatic carbocycles. The number of aryl methyl sites for hydroxylation is 2. The molecule has 1 saturated heterocycles. The van der Waals surface area contributed by atoms with Gasteiger partial charge in [-0.2, -0.15) is 0 Å². The van der Waals surface area contributed by atoms with Gasteiger partial charge in [0.15, 0.2) is 0 Å². The molecule has 0 unspecified atom stereocenters. The molecule has 3 N–H and O–H groups in total. The van der Waals surface area contributed by atoms with Crippen molar-refractivity contribution in [2.24, 2.45) is 0 Å². The summed E-state index contributed by atoms with van der Waals surface area (Å²) in [4.78, 5) is 39.5. The van der Waals surface area contributed by atoms with E-state index in [0.717, 1.165) is 27.9 Å². The van der Waals surface area contributed by atoms with Gasteiger partial charge in [-0.25, -0.2) is 9.69 Å². The van der Waals surface area contributed by atoms with Crippen LogP contribution in [0, 0.1) is 19.3 Å². The number of hydrogen-bond donors (Lipinski definition) is 3. The molecular weight excluding hydrogens is 400 g/mol. The van der Waals surface area contributed by atoms with E-state index in [1.165, 1.54) is 11.1 Å². The fraction of sp³-hybridized carbons (Fsp3) is 0.286. The van der Waals surface area contributed by atoms with Gasteiger partial charge in [-0.1, -0.05) is 17.3 Å². The SMILES string of the molecule is CNC(=O)c1cccc(CN2CC(=O)N(/C(C=N)=C/NCc3c(C)noc3C)C2=O)c1. The van der Waals surface area contributed by atoms with Crippen LogP contribution in [0.4, 0.5) is 4.79 Å². The van der Waals surface area contributed by atoms with Crippen LogP contribution >= 0.6 is 0 Å². The van der Waals surface area contributed by atoms with Crippen molar-refractivity contribution in [2.45, 2.75) is 26.9 Å². The summed E-state index contributed by atoms with van der Waals surface area (Å²) in [5.74, 6) is 0.0142. The summed E-state index contributed by atoms with van der Waals surface area (Å²) in [6.45, 7) is 4.05. The van der Waals surface area contributed by atoms with E-state index in [0.29, 0.717) is 17.9 Å². The van der Waals surface area contributed by atoms with Crippen LogP contribution in [0.1, 0.15) is 32.9 Å². The van der Waals surface area contributed by atoms with Crippen LogP contribution in [0.5, 0.6) is 0 Å². The van der Waals surface area contributed by atoms with Gasteiger partial charge in [-0.15, -0.1) is 0 Å². The van der Waals surface area contributed by atoms with Gasteiger partial charge >= 0.3 is 6.03 Å². The van der Waals surface area contributed by atoms with Crippen LogP contribution < -0.4 is 10.6 Å². The van der Waals surface area contributed by atoms with E-state index in [4.69, 9.17) is 9.93 Å². The number of benzene rings is 1. The maximum absolute atomic E-state index is 12.9. The van der Waals surface area contributed by atoms with Crippen molar-refractivity contribution in [3.05, 3.63) is 64.3 Å². The normalized spacial score (nSPS) is 14.2. The first-order valence-corrected chi connectivity index (χ1v) is 9.64. The number of allylic oxidation sites excluding steroid dienone is 1. The summed E-state index contributed by atoms with van der Waals surface area (Å²) < 4.78 is 5.11. The van der Waals surface area contributed by atoms with Crippen molar-refractivity contribution in [2.75, 3.05) is 13.6 Å². The third-order valence-corrected chi connectivity index (χ3v) is 4.94. The number of imide groups is 1. The number of nitrogens with one attached hydrogen (secondary N) is 3. The highest BCUT2D eigenvalue weighted by Crippen LogP contribution is 2.19. The van der Waals surface area contributed by atoms with Gasteiger partial charge in [0.2, 0.25) is 0 Å². The van der Waals surface area contributed by atoms with Crippen molar-refractivity contribution >= 4 is 24.1 Å². The van der Waals surface area contributed by atoms with Gasteiger partial charge in [0.05, 0.1) is 11.4 Å². The number of aromatic nitrogens is 1. The molecule has 1 aliphatic heterocycles. The van der Waals surface area contributed by atoms with Crippen LogP contribution in [0.25, 0.3) is 0 Å². The zero-order valence-corrected chi connectivity index (χ0v) is 17.6. The molecule has 162 valence electrons. The molecule has 0 bridgehead atoms. The Morgan fingerprint density at radius 1 is 1.32 bits per heavy atom. The van der Waals surface area contributed by atoms with E-state index in [-0.39, 0.29) is 24.7 Å². The Morgan fingerprint density at radius 2 is 2.10 bits per heavy atom. The van der Waals surface area contributed by atoms with Crippen molar-refractivity contribution in [1.82, 2.24) is 25.6 Å². The minimum absolute atomic E-state index is 0.113. The summed E-state index contributed by atoms with van der Waals surface area (Å²) >= 11 is 0. The number of amides is 4. The molecule has 31 heavy (non-hydrogen) atoms. The molecule has 0 radical (unpaired) electrons. The summed E-state index contributed by atoms with van der Waals surface area (Å²) in [5.41, 5.74) is 2.94. The van der Waals surface area contributed by atoms with Crippen LogP contribution in [0.3, 0.4) is 0 Å². The van der Waals surface area contributed by atoms with E-state index in [1.54, 1.807) is 38.2 Å². The van der Waals surface area contributed by atoms with Gasteiger partial charge in [0.25, 0.3) is 11.8 Å². The smallest absolute Gasteiger partial charge is 0.332 e. The zero-order chi connectivity index (χ0) is 22.5. The molecule has 1 aliphatic rings. The minimum atomic E-state index is -0.524. The van der Waals surface area contributed by atoms with Gasteiger partial charge in [-0.3, -0.25) is 9.59 Å². The molecule has 0 aliphatic carbocycles. The summed E-state index contributed by atoms with van der Waals surface area (Å²) in [5, 5.41) is 17.1. The van der Waals surface area contributed by atoms with E-state index < -0.39 is 11.9 Å². The molecule has 1 aromatic heterocycles. The van der Waals surface area contributed by atoms with Crippen LogP contribution in [-0.2, 0) is 17.9 Å². The van der Waals surface area contributed by atoms with Crippen molar-refractivity contribution in [3.63, 3.8) is 0 Å². The Morgan fingerprint density at radius 3 is 2.74 bits per heavy atom. The van der Waals surface area contributed by atoms with Crippen LogP contribution in [-0.4, -0.2) is 52.6 Å². The summed E-state index contributed by atoms with van der Waals surface area (Å²) in [7, 11) is 1.54. The van der Waals surface area contributed by atoms with E-state index in [2.05, 4.69) is 15.8 Å². The first-order chi connectivity index (χ1) is 14.8. The molecule has 1 fully saturated rings. The van der Waals surface area contributed by atoms with Crippen LogP contribution in [0.15, 0.2) is 40.7 Å². The molecule has 0 saturated carbocycles. The molecule has 4 amide bonds. The monoisotopic (exact) mass is 424 g/mol. The van der Waals surface area contributed by atoms with Gasteiger partial charge in [0.1, 0.15) is 12.3 Å². The number of urea groups is 1. The molecule has 10 heteroatoms. The fourth-order valence-corrected chi connectivity index (χ4v) is 3.29. The molecule has 0 spiro atoms. The van der Waals surface area contributed by atoms with Gasteiger partial charge in [-0.05, 0) is 31.5 Å². The lowest BCUT2D eigenvalue weighted by atomic mass is 10.1. The lowest BCUT2D eigenvalue weighted by Crippen LogP contribution is -2.33. The lowest BCUT2D eigenvalue weighted by molar-refractivity contribution is -0.123. The number of nitrogens with zero attached hydrogens (tertiary/aromatic N) is 3. The summed E-state index contributed by atoms with van der Waals surface area (Å²) in [6, 6.07) is 6.33. The van der Waals surface area contributed by atoms with Crippen molar-refractivity contribution in [1.29, 1.82) is 5.41 Å². The second kappa shape index (κ2) is 9.24. The largest absolute Gasteiger partial charge is 0.385 e. The molecular formula is C21H24N6O4. The molecule has 0 atom stereocenters. The number of carbonyl (C=O) groups excluding carboxylic acids is 3. The Balaban J connectivity index is 1.71. The molecule has 2 heterocycles. The van der Waals surface area contributed by atoms with E-state index >= 15 is 0 Å². The van der Waals surface area contributed by atoms with E-state index in [9.17, 15) is 14.4 Å². The Kier molecular flexibility index (Phi) is 6.49. The first kappa shape index (κ1) is 21.8. The van der Waals surface area contributed by atoms with Crippen molar-refractivity contribution < 1.29 is 18.9 Å².